The van der Waals surface area contributed by atoms with Crippen molar-refractivity contribution in [3.63, 3.8) is 0 Å². The lowest BCUT2D eigenvalue weighted by atomic mass is 9.94. The maximum absolute atomic E-state index is 12.3. The number of nitrogens with zero attached hydrogens (tertiary/aromatic N) is 3. The summed E-state index contributed by atoms with van der Waals surface area (Å²) in [5, 5.41) is 3.12. The van der Waals surface area contributed by atoms with Gasteiger partial charge < -0.3 is 10.2 Å². The van der Waals surface area contributed by atoms with Crippen LogP contribution in [0.2, 0.25) is 0 Å². The molecule has 1 aliphatic heterocycles. The van der Waals surface area contributed by atoms with Crippen LogP contribution in [0.15, 0.2) is 18.6 Å². The van der Waals surface area contributed by atoms with E-state index in [-0.39, 0.29) is 17.9 Å². The highest BCUT2D eigenvalue weighted by atomic mass is 16.1. The van der Waals surface area contributed by atoms with Crippen molar-refractivity contribution in [2.24, 2.45) is 5.92 Å². The van der Waals surface area contributed by atoms with Gasteiger partial charge in [0, 0.05) is 43.0 Å². The molecule has 0 saturated carbocycles. The smallest absolute Gasteiger partial charge is 0.223 e. The first-order valence-electron chi connectivity index (χ1n) is 7.85. The number of hydrogen-bond donors (Lipinski definition) is 1. The minimum absolute atomic E-state index is 0.0947. The average Bonchev–Trinajstić information content (AvgIpc) is 2.48. The number of likely N-dealkylation sites (tertiary alicyclic amines) is 1. The van der Waals surface area contributed by atoms with Crippen molar-refractivity contribution in [3.05, 3.63) is 24.3 Å². The number of piperidine rings is 1. The van der Waals surface area contributed by atoms with Crippen LogP contribution in [-0.2, 0) is 11.2 Å². The molecule has 1 amide bonds. The van der Waals surface area contributed by atoms with Crippen LogP contribution < -0.4 is 5.32 Å². The molecule has 1 N–H and O–H groups in total. The van der Waals surface area contributed by atoms with Crippen molar-refractivity contribution in [2.45, 2.75) is 52.1 Å². The molecular weight excluding hydrogens is 264 g/mol. The van der Waals surface area contributed by atoms with Gasteiger partial charge in [0.1, 0.15) is 0 Å². The summed E-state index contributed by atoms with van der Waals surface area (Å²) in [5.74, 6) is 0.346. The van der Waals surface area contributed by atoms with Gasteiger partial charge in [-0.3, -0.25) is 14.8 Å². The standard InChI is InChI=1S/C16H26N4O/c1-12(2)20-8-4-14(5-9-20)16(21)19-13(3)10-15-11-17-6-7-18-15/h6-7,11-14H,4-5,8-10H2,1-3H3,(H,19,21)/t13-/m1/s1. The first-order valence-corrected chi connectivity index (χ1v) is 7.85. The molecule has 2 rings (SSSR count). The van der Waals surface area contributed by atoms with Crippen LogP contribution in [0.25, 0.3) is 0 Å². The van der Waals surface area contributed by atoms with Gasteiger partial charge in [0.25, 0.3) is 0 Å². The summed E-state index contributed by atoms with van der Waals surface area (Å²) in [6.45, 7) is 8.49. The van der Waals surface area contributed by atoms with Gasteiger partial charge in [-0.25, -0.2) is 0 Å². The summed E-state index contributed by atoms with van der Waals surface area (Å²) < 4.78 is 0. The minimum Gasteiger partial charge on any atom is -0.353 e. The third-order valence-electron chi connectivity index (χ3n) is 4.15. The van der Waals surface area contributed by atoms with Crippen LogP contribution in [0.3, 0.4) is 0 Å². The van der Waals surface area contributed by atoms with Gasteiger partial charge in [-0.1, -0.05) is 0 Å². The molecule has 1 aromatic rings. The fraction of sp³-hybridized carbons (Fsp3) is 0.688. The van der Waals surface area contributed by atoms with Gasteiger partial charge >= 0.3 is 0 Å². The van der Waals surface area contributed by atoms with Crippen LogP contribution in [0, 0.1) is 5.92 Å². The Morgan fingerprint density at radius 3 is 2.62 bits per heavy atom. The van der Waals surface area contributed by atoms with E-state index in [9.17, 15) is 4.79 Å². The van der Waals surface area contributed by atoms with Crippen molar-refractivity contribution in [3.8, 4) is 0 Å². The molecule has 0 radical (unpaired) electrons. The van der Waals surface area contributed by atoms with E-state index in [1.165, 1.54) is 0 Å². The number of hydrogen-bond acceptors (Lipinski definition) is 4. The predicted molar refractivity (Wildman–Crippen MR) is 82.8 cm³/mol. The second kappa shape index (κ2) is 7.50. The zero-order valence-electron chi connectivity index (χ0n) is 13.2. The lowest BCUT2D eigenvalue weighted by Crippen LogP contribution is -2.45. The molecule has 0 aromatic carbocycles. The zero-order valence-corrected chi connectivity index (χ0v) is 13.2. The maximum Gasteiger partial charge on any atom is 0.223 e. The van der Waals surface area contributed by atoms with Gasteiger partial charge in [0.15, 0.2) is 0 Å². The Bertz CT molecular complexity index is 441. The van der Waals surface area contributed by atoms with Gasteiger partial charge in [-0.05, 0) is 46.7 Å². The van der Waals surface area contributed by atoms with E-state index in [0.717, 1.165) is 38.0 Å². The van der Waals surface area contributed by atoms with Crippen LogP contribution >= 0.6 is 0 Å². The van der Waals surface area contributed by atoms with Crippen LogP contribution in [0.5, 0.6) is 0 Å². The summed E-state index contributed by atoms with van der Waals surface area (Å²) in [7, 11) is 0. The quantitative estimate of drug-likeness (QED) is 0.896. The first kappa shape index (κ1) is 15.9. The number of amides is 1. The summed E-state index contributed by atoms with van der Waals surface area (Å²) in [6.07, 6.45) is 7.75. The van der Waals surface area contributed by atoms with Gasteiger partial charge in [0.2, 0.25) is 5.91 Å². The number of rotatable bonds is 5. The lowest BCUT2D eigenvalue weighted by molar-refractivity contribution is -0.127. The van der Waals surface area contributed by atoms with E-state index in [0.29, 0.717) is 6.04 Å². The average molecular weight is 290 g/mol. The molecule has 1 aliphatic rings. The van der Waals surface area contributed by atoms with E-state index in [2.05, 4.69) is 34.0 Å². The Hall–Kier alpha value is -1.49. The van der Waals surface area contributed by atoms with E-state index < -0.39 is 0 Å². The molecule has 2 heterocycles. The van der Waals surface area contributed by atoms with Crippen molar-refractivity contribution in [1.29, 1.82) is 0 Å². The summed E-state index contributed by atoms with van der Waals surface area (Å²) in [5.41, 5.74) is 0.917. The van der Waals surface area contributed by atoms with E-state index in [4.69, 9.17) is 0 Å². The number of nitrogens with one attached hydrogen (secondary N) is 1. The number of carbonyl (C=O) groups is 1. The summed E-state index contributed by atoms with van der Waals surface area (Å²) in [4.78, 5) is 23.0. The highest BCUT2D eigenvalue weighted by Crippen LogP contribution is 2.19. The molecule has 5 heteroatoms. The molecule has 0 spiro atoms. The predicted octanol–water partition coefficient (Wildman–Crippen LogP) is 1.64. The molecule has 1 fully saturated rings. The number of carbonyl (C=O) groups excluding carboxylic acids is 1. The maximum atomic E-state index is 12.3. The molecule has 0 bridgehead atoms. The molecule has 1 saturated heterocycles. The highest BCUT2D eigenvalue weighted by molar-refractivity contribution is 5.79. The highest BCUT2D eigenvalue weighted by Gasteiger charge is 2.26. The molecule has 1 atom stereocenters. The van der Waals surface area contributed by atoms with Crippen molar-refractivity contribution in [1.82, 2.24) is 20.2 Å². The second-order valence-corrected chi connectivity index (χ2v) is 6.21. The largest absolute Gasteiger partial charge is 0.353 e. The van der Waals surface area contributed by atoms with Gasteiger partial charge in [-0.2, -0.15) is 0 Å². The molecule has 0 aliphatic carbocycles. The van der Waals surface area contributed by atoms with E-state index in [1.54, 1.807) is 18.6 Å². The Kier molecular flexibility index (Phi) is 5.67. The first-order chi connectivity index (χ1) is 10.1. The molecule has 0 unspecified atom stereocenters. The molecule has 116 valence electrons. The minimum atomic E-state index is 0.0947. The molecule has 21 heavy (non-hydrogen) atoms. The Morgan fingerprint density at radius 2 is 2.05 bits per heavy atom. The summed E-state index contributed by atoms with van der Waals surface area (Å²) >= 11 is 0. The third-order valence-corrected chi connectivity index (χ3v) is 4.15. The molecule has 1 aromatic heterocycles. The summed E-state index contributed by atoms with van der Waals surface area (Å²) in [6, 6.07) is 0.668. The van der Waals surface area contributed by atoms with Gasteiger partial charge in [0.05, 0.1) is 5.69 Å². The fourth-order valence-electron chi connectivity index (χ4n) is 2.84. The van der Waals surface area contributed by atoms with Crippen LogP contribution in [-0.4, -0.2) is 45.9 Å². The van der Waals surface area contributed by atoms with E-state index in [1.807, 2.05) is 6.92 Å². The van der Waals surface area contributed by atoms with Gasteiger partial charge in [-0.15, -0.1) is 0 Å². The van der Waals surface area contributed by atoms with Crippen molar-refractivity contribution < 1.29 is 4.79 Å². The van der Waals surface area contributed by atoms with Crippen LogP contribution in [0.1, 0.15) is 39.3 Å². The van der Waals surface area contributed by atoms with Crippen LogP contribution in [0.4, 0.5) is 0 Å². The van der Waals surface area contributed by atoms with E-state index >= 15 is 0 Å². The Morgan fingerprint density at radius 1 is 1.33 bits per heavy atom. The third kappa shape index (κ3) is 4.77. The Balaban J connectivity index is 1.77. The normalized spacial score (nSPS) is 18.7. The zero-order chi connectivity index (χ0) is 15.2. The van der Waals surface area contributed by atoms with Crippen molar-refractivity contribution >= 4 is 5.91 Å². The lowest BCUT2D eigenvalue weighted by Gasteiger charge is -2.34. The Labute approximate surface area is 127 Å². The molecule has 5 nitrogen and oxygen atoms in total. The SMILES string of the molecule is CC(C)N1CCC(C(=O)N[C@H](C)Cc2cnccn2)CC1. The molecular formula is C16H26N4O. The fourth-order valence-corrected chi connectivity index (χ4v) is 2.84. The topological polar surface area (TPSA) is 58.1 Å². The second-order valence-electron chi connectivity index (χ2n) is 6.21. The monoisotopic (exact) mass is 290 g/mol. The van der Waals surface area contributed by atoms with Crippen molar-refractivity contribution in [2.75, 3.05) is 13.1 Å². The number of aromatic nitrogens is 2.